The van der Waals surface area contributed by atoms with Crippen LogP contribution in [0, 0.1) is 5.92 Å². The molecule has 3 nitrogen and oxygen atoms in total. The SMILES string of the molecule is CCCC1CCN(S(=O)(=O)Cc2ccc(CCl)cc2)C1. The van der Waals surface area contributed by atoms with Crippen LogP contribution in [0.4, 0.5) is 0 Å². The molecule has 0 N–H and O–H groups in total. The average molecular weight is 316 g/mol. The normalized spacial score (nSPS) is 20.4. The maximum absolute atomic E-state index is 12.4. The second kappa shape index (κ2) is 6.92. The molecule has 0 radical (unpaired) electrons. The summed E-state index contributed by atoms with van der Waals surface area (Å²) in [7, 11) is -3.18. The standard InChI is InChI=1S/C15H22ClNO2S/c1-2-3-14-8-9-17(11-14)20(18,19)12-15-6-4-13(10-16)5-7-15/h4-7,14H,2-3,8-12H2,1H3. The van der Waals surface area contributed by atoms with Gasteiger partial charge in [-0.15, -0.1) is 11.6 Å². The van der Waals surface area contributed by atoms with E-state index in [1.807, 2.05) is 24.3 Å². The molecule has 1 aliphatic rings. The molecule has 1 saturated heterocycles. The Bertz CT molecular complexity index is 527. The molecule has 1 aliphatic heterocycles. The molecule has 0 spiro atoms. The Morgan fingerprint density at radius 3 is 2.50 bits per heavy atom. The molecule has 1 unspecified atom stereocenters. The maximum atomic E-state index is 12.4. The van der Waals surface area contributed by atoms with E-state index in [0.717, 1.165) is 30.4 Å². The number of benzene rings is 1. The van der Waals surface area contributed by atoms with Crippen molar-refractivity contribution in [1.29, 1.82) is 0 Å². The molecule has 112 valence electrons. The number of alkyl halides is 1. The van der Waals surface area contributed by atoms with Gasteiger partial charge in [0.2, 0.25) is 10.0 Å². The average Bonchev–Trinajstić information content (AvgIpc) is 2.89. The lowest BCUT2D eigenvalue weighted by Gasteiger charge is -2.16. The third kappa shape index (κ3) is 3.96. The Kier molecular flexibility index (Phi) is 5.47. The highest BCUT2D eigenvalue weighted by molar-refractivity contribution is 7.88. The van der Waals surface area contributed by atoms with Crippen molar-refractivity contribution >= 4 is 21.6 Å². The van der Waals surface area contributed by atoms with Crippen LogP contribution in [0.1, 0.15) is 37.3 Å². The second-order valence-electron chi connectivity index (χ2n) is 5.51. The highest BCUT2D eigenvalue weighted by atomic mass is 35.5. The van der Waals surface area contributed by atoms with Crippen LogP contribution in [0.2, 0.25) is 0 Å². The molecule has 5 heteroatoms. The molecule has 0 aliphatic carbocycles. The van der Waals surface area contributed by atoms with E-state index in [2.05, 4.69) is 6.92 Å². The van der Waals surface area contributed by atoms with Gasteiger partial charge in [0.1, 0.15) is 0 Å². The van der Waals surface area contributed by atoms with Crippen LogP contribution in [-0.2, 0) is 21.7 Å². The van der Waals surface area contributed by atoms with Crippen LogP contribution in [-0.4, -0.2) is 25.8 Å². The fourth-order valence-corrected chi connectivity index (χ4v) is 4.52. The number of rotatable bonds is 6. The Hall–Kier alpha value is -0.580. The van der Waals surface area contributed by atoms with E-state index < -0.39 is 10.0 Å². The van der Waals surface area contributed by atoms with Crippen molar-refractivity contribution in [1.82, 2.24) is 4.31 Å². The zero-order valence-corrected chi connectivity index (χ0v) is 13.5. The first kappa shape index (κ1) is 15.8. The maximum Gasteiger partial charge on any atom is 0.218 e. The largest absolute Gasteiger partial charge is 0.218 e. The van der Waals surface area contributed by atoms with Gasteiger partial charge in [0, 0.05) is 19.0 Å². The van der Waals surface area contributed by atoms with E-state index in [1.54, 1.807) is 4.31 Å². The number of nitrogens with zero attached hydrogens (tertiary/aromatic N) is 1. The first-order valence-corrected chi connectivity index (χ1v) is 9.31. The fraction of sp³-hybridized carbons (Fsp3) is 0.600. The summed E-state index contributed by atoms with van der Waals surface area (Å²) in [5.41, 5.74) is 1.84. The smallest absolute Gasteiger partial charge is 0.212 e. The molecular weight excluding hydrogens is 294 g/mol. The van der Waals surface area contributed by atoms with Crippen molar-refractivity contribution in [3.63, 3.8) is 0 Å². The van der Waals surface area contributed by atoms with Gasteiger partial charge in [-0.3, -0.25) is 0 Å². The summed E-state index contributed by atoms with van der Waals surface area (Å²) in [6.07, 6.45) is 3.24. The van der Waals surface area contributed by atoms with Crippen LogP contribution < -0.4 is 0 Å². The van der Waals surface area contributed by atoms with E-state index in [4.69, 9.17) is 11.6 Å². The predicted molar refractivity (Wildman–Crippen MR) is 83.2 cm³/mol. The van der Waals surface area contributed by atoms with Crippen molar-refractivity contribution in [2.75, 3.05) is 13.1 Å². The zero-order chi connectivity index (χ0) is 14.6. The van der Waals surface area contributed by atoms with E-state index in [1.165, 1.54) is 0 Å². The molecule has 2 rings (SSSR count). The minimum Gasteiger partial charge on any atom is -0.212 e. The van der Waals surface area contributed by atoms with Gasteiger partial charge in [-0.25, -0.2) is 12.7 Å². The number of hydrogen-bond acceptors (Lipinski definition) is 2. The van der Waals surface area contributed by atoms with Crippen molar-refractivity contribution in [3.8, 4) is 0 Å². The van der Waals surface area contributed by atoms with Gasteiger partial charge in [0.05, 0.1) is 5.75 Å². The Morgan fingerprint density at radius 2 is 1.90 bits per heavy atom. The molecular formula is C15H22ClNO2S. The van der Waals surface area contributed by atoms with Gasteiger partial charge < -0.3 is 0 Å². The third-order valence-electron chi connectivity index (χ3n) is 3.87. The van der Waals surface area contributed by atoms with Gasteiger partial charge in [0.25, 0.3) is 0 Å². The number of sulfonamides is 1. The van der Waals surface area contributed by atoms with Crippen LogP contribution in [0.3, 0.4) is 0 Å². The van der Waals surface area contributed by atoms with Crippen molar-refractivity contribution < 1.29 is 8.42 Å². The summed E-state index contributed by atoms with van der Waals surface area (Å²) < 4.78 is 26.5. The first-order valence-electron chi connectivity index (χ1n) is 7.16. The lowest BCUT2D eigenvalue weighted by molar-refractivity contribution is 0.444. The van der Waals surface area contributed by atoms with E-state index in [-0.39, 0.29) is 5.75 Å². The molecule has 1 fully saturated rings. The van der Waals surface area contributed by atoms with Crippen LogP contribution >= 0.6 is 11.6 Å². The minimum absolute atomic E-state index is 0.0917. The highest BCUT2D eigenvalue weighted by Crippen LogP contribution is 2.25. The van der Waals surface area contributed by atoms with Gasteiger partial charge in [0.15, 0.2) is 0 Å². The molecule has 0 bridgehead atoms. The first-order chi connectivity index (χ1) is 9.55. The summed E-state index contributed by atoms with van der Waals surface area (Å²) >= 11 is 5.74. The lowest BCUT2D eigenvalue weighted by atomic mass is 10.0. The van der Waals surface area contributed by atoms with Gasteiger partial charge in [-0.2, -0.15) is 0 Å². The molecule has 1 atom stereocenters. The molecule has 0 amide bonds. The molecule has 0 saturated carbocycles. The topological polar surface area (TPSA) is 37.4 Å². The lowest BCUT2D eigenvalue weighted by Crippen LogP contribution is -2.30. The predicted octanol–water partition coefficient (Wildman–Crippen LogP) is 3.38. The number of halogens is 1. The van der Waals surface area contributed by atoms with Gasteiger partial charge in [-0.05, 0) is 29.9 Å². The Balaban J connectivity index is 2.00. The summed E-state index contributed by atoms with van der Waals surface area (Å²) in [6.45, 7) is 3.51. The summed E-state index contributed by atoms with van der Waals surface area (Å²) in [4.78, 5) is 0. The summed E-state index contributed by atoms with van der Waals surface area (Å²) in [5.74, 6) is 1.08. The van der Waals surface area contributed by atoms with Crippen LogP contribution in [0.5, 0.6) is 0 Å². The third-order valence-corrected chi connectivity index (χ3v) is 5.99. The van der Waals surface area contributed by atoms with Gasteiger partial charge >= 0.3 is 0 Å². The van der Waals surface area contributed by atoms with Crippen molar-refractivity contribution in [2.24, 2.45) is 5.92 Å². The minimum atomic E-state index is -3.18. The molecule has 0 aromatic heterocycles. The summed E-state index contributed by atoms with van der Waals surface area (Å²) in [5, 5.41) is 0. The Morgan fingerprint density at radius 1 is 1.25 bits per heavy atom. The van der Waals surface area contributed by atoms with E-state index >= 15 is 0 Å². The van der Waals surface area contributed by atoms with E-state index in [0.29, 0.717) is 24.9 Å². The monoisotopic (exact) mass is 315 g/mol. The molecule has 1 aromatic carbocycles. The second-order valence-corrected chi connectivity index (χ2v) is 7.74. The summed E-state index contributed by atoms with van der Waals surface area (Å²) in [6, 6.07) is 7.49. The quantitative estimate of drug-likeness (QED) is 0.755. The van der Waals surface area contributed by atoms with Crippen LogP contribution in [0.25, 0.3) is 0 Å². The fourth-order valence-electron chi connectivity index (χ4n) is 2.72. The van der Waals surface area contributed by atoms with Crippen LogP contribution in [0.15, 0.2) is 24.3 Å². The molecule has 1 aromatic rings. The van der Waals surface area contributed by atoms with Crippen molar-refractivity contribution in [2.45, 2.75) is 37.8 Å². The van der Waals surface area contributed by atoms with Gasteiger partial charge in [-0.1, -0.05) is 37.6 Å². The van der Waals surface area contributed by atoms with E-state index in [9.17, 15) is 8.42 Å². The van der Waals surface area contributed by atoms with Crippen molar-refractivity contribution in [3.05, 3.63) is 35.4 Å². The number of hydrogen-bond donors (Lipinski definition) is 0. The highest BCUT2D eigenvalue weighted by Gasteiger charge is 2.30. The Labute approximate surface area is 127 Å². The molecule has 20 heavy (non-hydrogen) atoms. The zero-order valence-electron chi connectivity index (χ0n) is 11.9. The molecule has 1 heterocycles.